The molecule has 0 aliphatic rings. The van der Waals surface area contributed by atoms with Gasteiger partial charge in [0.2, 0.25) is 0 Å². The minimum absolute atomic E-state index is 0. The van der Waals surface area contributed by atoms with Crippen molar-refractivity contribution in [3.63, 3.8) is 0 Å². The first-order valence-corrected chi connectivity index (χ1v) is 5.43. The maximum atomic E-state index is 11.9. The second-order valence-corrected chi connectivity index (χ2v) is 3.84. The average molecular weight is 318 g/mol. The van der Waals surface area contributed by atoms with Crippen LogP contribution >= 0.6 is 0 Å². The zero-order valence-electron chi connectivity index (χ0n) is 9.50. The van der Waals surface area contributed by atoms with Crippen LogP contribution in [0.25, 0.3) is 22.3 Å². The van der Waals surface area contributed by atoms with E-state index in [-0.39, 0.29) is 26.5 Å². The van der Waals surface area contributed by atoms with Crippen LogP contribution in [0.4, 0.5) is 0 Å². The van der Waals surface area contributed by atoms with E-state index in [4.69, 9.17) is 4.42 Å². The molecule has 1 heterocycles. The van der Waals surface area contributed by atoms with Gasteiger partial charge in [0.15, 0.2) is 5.43 Å². The smallest absolute Gasteiger partial charge is 0.193 e. The molecule has 1 aromatic heterocycles. The predicted octanol–water partition coefficient (Wildman–Crippen LogP) is 3.46. The number of benzene rings is 2. The van der Waals surface area contributed by atoms with E-state index in [1.807, 2.05) is 48.5 Å². The molecule has 0 saturated heterocycles. The maximum Gasteiger partial charge on any atom is 0.193 e. The molecule has 0 atom stereocenters. The van der Waals surface area contributed by atoms with Crippen LogP contribution in [0.1, 0.15) is 0 Å². The topological polar surface area (TPSA) is 30.2 Å². The van der Waals surface area contributed by atoms with Crippen LogP contribution in [0.15, 0.2) is 69.9 Å². The minimum atomic E-state index is -0.00861. The molecule has 2 nitrogen and oxygen atoms in total. The fraction of sp³-hybridized carbons (Fsp3) is 0. The molecule has 0 aliphatic carbocycles. The van der Waals surface area contributed by atoms with Crippen molar-refractivity contribution < 1.29 is 25.5 Å². The van der Waals surface area contributed by atoms with Crippen molar-refractivity contribution in [3.8, 4) is 11.3 Å². The Balaban J connectivity index is 0.00000120. The SMILES string of the molecule is O=c1cc(-c2ccccc2)oc2ccccc12.[Mo]. The first-order chi connectivity index (χ1) is 8.34. The van der Waals surface area contributed by atoms with Crippen LogP contribution in [0.5, 0.6) is 0 Å². The van der Waals surface area contributed by atoms with Gasteiger partial charge in [-0.2, -0.15) is 0 Å². The monoisotopic (exact) mass is 320 g/mol. The fourth-order valence-corrected chi connectivity index (χ4v) is 1.85. The zero-order valence-corrected chi connectivity index (χ0v) is 11.5. The first kappa shape index (κ1) is 12.8. The third-order valence-corrected chi connectivity index (χ3v) is 2.69. The summed E-state index contributed by atoms with van der Waals surface area (Å²) in [5.74, 6) is 0.606. The normalized spacial score (nSPS) is 10.0. The van der Waals surface area contributed by atoms with Gasteiger partial charge in [-0.3, -0.25) is 4.79 Å². The van der Waals surface area contributed by atoms with E-state index in [0.29, 0.717) is 16.7 Å². The Morgan fingerprint density at radius 3 is 2.28 bits per heavy atom. The average Bonchev–Trinajstić information content (AvgIpc) is 2.40. The summed E-state index contributed by atoms with van der Waals surface area (Å²) in [5, 5.41) is 0.618. The van der Waals surface area contributed by atoms with Crippen LogP contribution < -0.4 is 5.43 Å². The zero-order chi connectivity index (χ0) is 11.7. The molecule has 0 unspecified atom stereocenters. The Morgan fingerprint density at radius 2 is 1.50 bits per heavy atom. The van der Waals surface area contributed by atoms with Crippen LogP contribution in [0, 0.1) is 0 Å². The summed E-state index contributed by atoms with van der Waals surface area (Å²) in [5.41, 5.74) is 1.53. The van der Waals surface area contributed by atoms with Crippen molar-refractivity contribution in [1.29, 1.82) is 0 Å². The Hall–Kier alpha value is -1.66. The molecular weight excluding hydrogens is 308 g/mol. The Kier molecular flexibility index (Phi) is 3.78. The van der Waals surface area contributed by atoms with Crippen molar-refractivity contribution in [2.75, 3.05) is 0 Å². The van der Waals surface area contributed by atoms with Gasteiger partial charge in [0.1, 0.15) is 11.3 Å². The number of fused-ring (bicyclic) bond motifs is 1. The Bertz CT molecular complexity index is 717. The van der Waals surface area contributed by atoms with E-state index in [2.05, 4.69) is 0 Å². The number of hydrogen-bond donors (Lipinski definition) is 0. The standard InChI is InChI=1S/C15H10O2.Mo/c16-13-10-15(11-6-2-1-3-7-11)17-14-9-5-4-8-12(13)14;/h1-10H;. The quantitative estimate of drug-likeness (QED) is 0.643. The van der Waals surface area contributed by atoms with E-state index in [1.54, 1.807) is 6.07 Å². The number of rotatable bonds is 1. The Labute approximate surface area is 119 Å². The summed E-state index contributed by atoms with van der Waals surface area (Å²) in [7, 11) is 0. The maximum absolute atomic E-state index is 11.9. The number of hydrogen-bond acceptors (Lipinski definition) is 2. The molecule has 3 rings (SSSR count). The largest absolute Gasteiger partial charge is 0.456 e. The van der Waals surface area contributed by atoms with E-state index in [1.165, 1.54) is 6.07 Å². The van der Waals surface area contributed by atoms with Gasteiger partial charge in [0.05, 0.1) is 5.39 Å². The van der Waals surface area contributed by atoms with Crippen molar-refractivity contribution in [2.45, 2.75) is 0 Å². The van der Waals surface area contributed by atoms with Gasteiger partial charge in [-0.25, -0.2) is 0 Å². The molecule has 88 valence electrons. The molecule has 0 N–H and O–H groups in total. The summed E-state index contributed by atoms with van der Waals surface area (Å²) in [6.07, 6.45) is 0. The van der Waals surface area contributed by atoms with Crippen molar-refractivity contribution in [3.05, 3.63) is 70.9 Å². The summed E-state index contributed by atoms with van der Waals surface area (Å²) in [6, 6.07) is 18.4. The van der Waals surface area contributed by atoms with Crippen molar-refractivity contribution in [1.82, 2.24) is 0 Å². The molecule has 0 amide bonds. The second kappa shape index (κ2) is 5.32. The second-order valence-electron chi connectivity index (χ2n) is 3.84. The molecule has 3 aromatic rings. The summed E-state index contributed by atoms with van der Waals surface area (Å²) in [6.45, 7) is 0. The van der Waals surface area contributed by atoms with Crippen molar-refractivity contribution in [2.24, 2.45) is 0 Å². The number of para-hydroxylation sites is 1. The third-order valence-electron chi connectivity index (χ3n) is 2.69. The Morgan fingerprint density at radius 1 is 0.833 bits per heavy atom. The molecule has 0 saturated carbocycles. The van der Waals surface area contributed by atoms with Crippen LogP contribution in [-0.4, -0.2) is 0 Å². The van der Waals surface area contributed by atoms with E-state index in [0.717, 1.165) is 5.56 Å². The molecule has 0 radical (unpaired) electrons. The third kappa shape index (κ3) is 2.30. The molecule has 0 aliphatic heterocycles. The molecule has 0 bridgehead atoms. The van der Waals surface area contributed by atoms with Gasteiger partial charge in [-0.15, -0.1) is 0 Å². The summed E-state index contributed by atoms with van der Waals surface area (Å²) < 4.78 is 5.73. The molecular formula is C15H10MoO2. The summed E-state index contributed by atoms with van der Waals surface area (Å²) >= 11 is 0. The minimum Gasteiger partial charge on any atom is -0.456 e. The van der Waals surface area contributed by atoms with Crippen LogP contribution in [0.3, 0.4) is 0 Å². The molecule has 0 fully saturated rings. The van der Waals surface area contributed by atoms with E-state index < -0.39 is 0 Å². The predicted molar refractivity (Wildman–Crippen MR) is 67.9 cm³/mol. The van der Waals surface area contributed by atoms with Crippen molar-refractivity contribution >= 4 is 11.0 Å². The van der Waals surface area contributed by atoms with E-state index in [9.17, 15) is 4.79 Å². The molecule has 2 aromatic carbocycles. The van der Waals surface area contributed by atoms with Gasteiger partial charge >= 0.3 is 0 Å². The molecule has 18 heavy (non-hydrogen) atoms. The summed E-state index contributed by atoms with van der Waals surface area (Å²) in [4.78, 5) is 11.9. The van der Waals surface area contributed by atoms with Gasteiger partial charge < -0.3 is 4.42 Å². The van der Waals surface area contributed by atoms with Gasteiger partial charge in [0.25, 0.3) is 0 Å². The van der Waals surface area contributed by atoms with Gasteiger partial charge in [-0.05, 0) is 12.1 Å². The molecule has 3 heteroatoms. The van der Waals surface area contributed by atoms with E-state index >= 15 is 0 Å². The van der Waals surface area contributed by atoms with Gasteiger partial charge in [0, 0.05) is 32.7 Å². The molecule has 0 spiro atoms. The van der Waals surface area contributed by atoms with Crippen LogP contribution in [0.2, 0.25) is 0 Å². The van der Waals surface area contributed by atoms with Gasteiger partial charge in [-0.1, -0.05) is 42.5 Å². The fourth-order valence-electron chi connectivity index (χ4n) is 1.85. The van der Waals surface area contributed by atoms with Crippen LogP contribution in [-0.2, 0) is 21.1 Å². The first-order valence-electron chi connectivity index (χ1n) is 5.43.